The first-order valence-corrected chi connectivity index (χ1v) is 9.29. The number of amides is 1. The number of rotatable bonds is 7. The lowest BCUT2D eigenvalue weighted by Gasteiger charge is -2.28. The summed E-state index contributed by atoms with van der Waals surface area (Å²) in [5, 5.41) is 13.7. The van der Waals surface area contributed by atoms with Gasteiger partial charge in [0.2, 0.25) is 5.91 Å². The van der Waals surface area contributed by atoms with Crippen molar-refractivity contribution in [2.75, 3.05) is 6.61 Å². The molecule has 3 rings (SSSR count). The van der Waals surface area contributed by atoms with Gasteiger partial charge in [-0.25, -0.2) is 4.98 Å². The van der Waals surface area contributed by atoms with Crippen molar-refractivity contribution in [1.29, 1.82) is 0 Å². The number of thiazole rings is 1. The molecule has 124 valence electrons. The Morgan fingerprint density at radius 3 is 2.78 bits per heavy atom. The molecule has 0 spiro atoms. The van der Waals surface area contributed by atoms with Crippen LogP contribution in [0.2, 0.25) is 0 Å². The van der Waals surface area contributed by atoms with Crippen LogP contribution in [0.15, 0.2) is 24.3 Å². The maximum absolute atomic E-state index is 12.1. The zero-order valence-electron chi connectivity index (χ0n) is 13.4. The summed E-state index contributed by atoms with van der Waals surface area (Å²) in [4.78, 5) is 16.7. The highest BCUT2D eigenvalue weighted by Crippen LogP contribution is 2.29. The molecular formula is C18H24N2O2S. The molecule has 0 saturated heterocycles. The van der Waals surface area contributed by atoms with Gasteiger partial charge in [0.25, 0.3) is 0 Å². The number of nitrogens with zero attached hydrogens (tertiary/aromatic N) is 1. The number of benzene rings is 1. The number of carbonyl (C=O) groups excluding carboxylic acids is 1. The van der Waals surface area contributed by atoms with Gasteiger partial charge in [0.1, 0.15) is 0 Å². The van der Waals surface area contributed by atoms with Crippen LogP contribution in [0, 0.1) is 0 Å². The summed E-state index contributed by atoms with van der Waals surface area (Å²) >= 11 is 1.74. The number of aliphatic hydroxyl groups excluding tert-OH is 1. The van der Waals surface area contributed by atoms with E-state index < -0.39 is 0 Å². The number of hydrogen-bond donors (Lipinski definition) is 2. The molecule has 1 aromatic carbocycles. The van der Waals surface area contributed by atoms with E-state index in [4.69, 9.17) is 0 Å². The number of carbonyl (C=O) groups is 1. The minimum atomic E-state index is -0.343. The van der Waals surface area contributed by atoms with Crippen molar-refractivity contribution in [2.24, 2.45) is 0 Å². The lowest BCUT2D eigenvalue weighted by atomic mass is 9.98. The summed E-state index contributed by atoms with van der Waals surface area (Å²) in [6, 6.07) is 8.18. The molecule has 2 N–H and O–H groups in total. The van der Waals surface area contributed by atoms with Gasteiger partial charge in [-0.15, -0.1) is 11.3 Å². The molecule has 1 fully saturated rings. The Morgan fingerprint density at radius 1 is 1.26 bits per heavy atom. The van der Waals surface area contributed by atoms with Crippen molar-refractivity contribution in [3.05, 3.63) is 29.3 Å². The minimum Gasteiger partial charge on any atom is -0.394 e. The molecule has 0 aliphatic heterocycles. The lowest BCUT2D eigenvalue weighted by Crippen LogP contribution is -2.49. The smallest absolute Gasteiger partial charge is 0.220 e. The Bertz CT molecular complexity index is 629. The lowest BCUT2D eigenvalue weighted by molar-refractivity contribution is -0.123. The van der Waals surface area contributed by atoms with Gasteiger partial charge in [-0.1, -0.05) is 25.0 Å². The van der Waals surface area contributed by atoms with Crippen LogP contribution < -0.4 is 5.32 Å². The van der Waals surface area contributed by atoms with Crippen LogP contribution in [0.1, 0.15) is 50.0 Å². The zero-order chi connectivity index (χ0) is 16.1. The average molecular weight is 332 g/mol. The largest absolute Gasteiger partial charge is 0.394 e. The summed E-state index contributed by atoms with van der Waals surface area (Å²) in [7, 11) is 0. The number of aliphatic hydroxyl groups is 1. The van der Waals surface area contributed by atoms with Gasteiger partial charge in [-0.2, -0.15) is 0 Å². The van der Waals surface area contributed by atoms with E-state index in [0.717, 1.165) is 55.5 Å². The van der Waals surface area contributed by atoms with E-state index >= 15 is 0 Å². The number of para-hydroxylation sites is 1. The Hall–Kier alpha value is -1.46. The van der Waals surface area contributed by atoms with Gasteiger partial charge < -0.3 is 10.4 Å². The van der Waals surface area contributed by atoms with Crippen molar-refractivity contribution >= 4 is 27.5 Å². The second-order valence-corrected chi connectivity index (χ2v) is 7.59. The summed E-state index contributed by atoms with van der Waals surface area (Å²) in [5.41, 5.74) is 0.723. The van der Waals surface area contributed by atoms with Crippen LogP contribution in [-0.4, -0.2) is 28.1 Å². The maximum Gasteiger partial charge on any atom is 0.220 e. The molecular weight excluding hydrogens is 308 g/mol. The molecule has 2 aromatic rings. The Labute approximate surface area is 140 Å². The third-order valence-corrected chi connectivity index (χ3v) is 5.75. The zero-order valence-corrected chi connectivity index (χ0v) is 14.2. The molecule has 23 heavy (non-hydrogen) atoms. The number of hydrogen-bond acceptors (Lipinski definition) is 4. The first-order chi connectivity index (χ1) is 11.2. The monoisotopic (exact) mass is 332 g/mol. The van der Waals surface area contributed by atoms with Crippen molar-refractivity contribution in [1.82, 2.24) is 10.3 Å². The molecule has 1 saturated carbocycles. The molecule has 0 atom stereocenters. The van der Waals surface area contributed by atoms with Gasteiger partial charge in [0.05, 0.1) is 27.4 Å². The minimum absolute atomic E-state index is 0.0600. The van der Waals surface area contributed by atoms with Crippen molar-refractivity contribution < 1.29 is 9.90 Å². The van der Waals surface area contributed by atoms with Crippen LogP contribution in [0.25, 0.3) is 10.2 Å². The standard InChI is InChI=1S/C18H24N2O2S/c21-13-18(11-5-6-12-18)20-16(22)9-3-4-10-17-19-14-7-1-2-8-15(14)23-17/h1-2,7-8,21H,3-6,9-13H2,(H,20,22). The van der Waals surface area contributed by atoms with Gasteiger partial charge >= 0.3 is 0 Å². The summed E-state index contributed by atoms with van der Waals surface area (Å²) in [6.45, 7) is 0.0600. The fourth-order valence-electron chi connectivity index (χ4n) is 3.32. The van der Waals surface area contributed by atoms with E-state index in [-0.39, 0.29) is 18.1 Å². The Balaban J connectivity index is 1.41. The molecule has 1 amide bonds. The van der Waals surface area contributed by atoms with Crippen LogP contribution >= 0.6 is 11.3 Å². The predicted octanol–water partition coefficient (Wildman–Crippen LogP) is 3.43. The molecule has 4 nitrogen and oxygen atoms in total. The van der Waals surface area contributed by atoms with E-state index in [9.17, 15) is 9.90 Å². The second-order valence-electron chi connectivity index (χ2n) is 6.48. The average Bonchev–Trinajstić information content (AvgIpc) is 3.18. The van der Waals surface area contributed by atoms with Gasteiger partial charge in [0.15, 0.2) is 0 Å². The van der Waals surface area contributed by atoms with E-state index in [2.05, 4.69) is 16.4 Å². The fourth-order valence-corrected chi connectivity index (χ4v) is 4.33. The predicted molar refractivity (Wildman–Crippen MR) is 93.6 cm³/mol. The first kappa shape index (κ1) is 16.4. The first-order valence-electron chi connectivity index (χ1n) is 8.47. The molecule has 0 bridgehead atoms. The summed E-state index contributed by atoms with van der Waals surface area (Å²) in [6.07, 6.45) is 7.30. The van der Waals surface area contributed by atoms with E-state index in [0.29, 0.717) is 6.42 Å². The molecule has 5 heteroatoms. The van der Waals surface area contributed by atoms with Crippen molar-refractivity contribution in [2.45, 2.75) is 56.9 Å². The number of fused-ring (bicyclic) bond motifs is 1. The summed E-state index contributed by atoms with van der Waals surface area (Å²) < 4.78 is 1.23. The Morgan fingerprint density at radius 2 is 2.04 bits per heavy atom. The number of unbranched alkanes of at least 4 members (excludes halogenated alkanes) is 1. The van der Waals surface area contributed by atoms with Crippen LogP contribution in [0.4, 0.5) is 0 Å². The topological polar surface area (TPSA) is 62.2 Å². The number of nitrogens with one attached hydrogen (secondary N) is 1. The van der Waals surface area contributed by atoms with E-state index in [1.54, 1.807) is 11.3 Å². The van der Waals surface area contributed by atoms with Gasteiger partial charge in [0, 0.05) is 6.42 Å². The van der Waals surface area contributed by atoms with E-state index in [1.807, 2.05) is 18.2 Å². The molecule has 1 aliphatic carbocycles. The molecule has 0 radical (unpaired) electrons. The second kappa shape index (κ2) is 7.41. The van der Waals surface area contributed by atoms with Gasteiger partial charge in [-0.05, 0) is 44.2 Å². The molecule has 1 aromatic heterocycles. The third-order valence-electron chi connectivity index (χ3n) is 4.65. The highest BCUT2D eigenvalue weighted by Gasteiger charge is 2.34. The number of aromatic nitrogens is 1. The third kappa shape index (κ3) is 4.09. The molecule has 1 aliphatic rings. The van der Waals surface area contributed by atoms with Gasteiger partial charge in [-0.3, -0.25) is 4.79 Å². The molecule has 1 heterocycles. The van der Waals surface area contributed by atoms with Crippen molar-refractivity contribution in [3.63, 3.8) is 0 Å². The highest BCUT2D eigenvalue weighted by molar-refractivity contribution is 7.18. The SMILES string of the molecule is O=C(CCCCc1nc2ccccc2s1)NC1(CO)CCCC1. The summed E-state index contributed by atoms with van der Waals surface area (Å²) in [5.74, 6) is 0.0743. The Kier molecular flexibility index (Phi) is 5.28. The maximum atomic E-state index is 12.1. The number of aryl methyl sites for hydroxylation is 1. The van der Waals surface area contributed by atoms with Crippen molar-refractivity contribution in [3.8, 4) is 0 Å². The fraction of sp³-hybridized carbons (Fsp3) is 0.556. The highest BCUT2D eigenvalue weighted by atomic mass is 32.1. The molecule has 0 unspecified atom stereocenters. The quantitative estimate of drug-likeness (QED) is 0.764. The van der Waals surface area contributed by atoms with Crippen LogP contribution in [0.5, 0.6) is 0 Å². The van der Waals surface area contributed by atoms with Crippen LogP contribution in [0.3, 0.4) is 0 Å². The van der Waals surface area contributed by atoms with Crippen LogP contribution in [-0.2, 0) is 11.2 Å². The normalized spacial score (nSPS) is 16.7. The van der Waals surface area contributed by atoms with E-state index in [1.165, 1.54) is 4.70 Å².